The van der Waals surface area contributed by atoms with Crippen LogP contribution in [0, 0.1) is 6.92 Å². The van der Waals surface area contributed by atoms with Crippen molar-refractivity contribution in [2.75, 3.05) is 9.80 Å². The number of hydrogen-bond donors (Lipinski definition) is 0. The van der Waals surface area contributed by atoms with Gasteiger partial charge in [0.05, 0.1) is 22.1 Å². The molecular weight excluding hydrogens is 786 g/mol. The van der Waals surface area contributed by atoms with E-state index in [1.807, 2.05) is 11.3 Å². The van der Waals surface area contributed by atoms with E-state index >= 15 is 0 Å². The molecule has 2 atom stereocenters. The van der Waals surface area contributed by atoms with Crippen molar-refractivity contribution in [1.82, 2.24) is 4.57 Å². The Morgan fingerprint density at radius 3 is 2.27 bits per heavy atom. The van der Waals surface area contributed by atoms with Gasteiger partial charge in [0.15, 0.2) is 0 Å². The van der Waals surface area contributed by atoms with E-state index in [0.717, 1.165) is 34.0 Å². The molecule has 306 valence electrons. The molecule has 0 spiro atoms. The molecule has 3 aromatic heterocycles. The summed E-state index contributed by atoms with van der Waals surface area (Å²) in [6.45, 7) is 14.5. The lowest BCUT2D eigenvalue weighted by atomic mass is 9.33. The highest BCUT2D eigenvalue weighted by molar-refractivity contribution is 7.26. The number of anilines is 5. The number of rotatable bonds is 2. The van der Waals surface area contributed by atoms with Gasteiger partial charge in [-0.05, 0) is 120 Å². The lowest BCUT2D eigenvalue weighted by Crippen LogP contribution is -2.60. The molecule has 0 saturated heterocycles. The second kappa shape index (κ2) is 12.1. The van der Waals surface area contributed by atoms with E-state index in [0.29, 0.717) is 0 Å². The summed E-state index contributed by atoms with van der Waals surface area (Å²) in [4.78, 5) is 6.71. The predicted octanol–water partition coefficient (Wildman–Crippen LogP) is 13.9. The van der Waals surface area contributed by atoms with E-state index < -0.39 is 0 Å². The standard InChI is InChI=1S/C57H48BN3OS/c1-33-29-45-52-46(30-33)60-53-38(50-37-16-8-10-22-49(37)63-54(50)60)17-13-18-41(53)58(52)40-25-24-35(32-44(40)59(45)43-19-14-21-48-51(43)36-15-7-9-20-47(36)62-48)61-42-26-23-34(55(2,3)4)31-39(42)56(5)27-11-12-28-57(56,61)6/h7-10,13-26,29-32H,11-12,27-28H2,1-6H3. The number of aryl methyl sites for hydroxylation is 1. The first kappa shape index (κ1) is 36.3. The molecular formula is C57H48BN3OS. The third-order valence-electron chi connectivity index (χ3n) is 16.1. The maximum Gasteiger partial charge on any atom is 0.252 e. The number of furan rings is 1. The molecule has 10 aromatic rings. The Morgan fingerprint density at radius 1 is 0.635 bits per heavy atom. The second-order valence-corrected chi connectivity index (χ2v) is 21.5. The predicted molar refractivity (Wildman–Crippen MR) is 269 cm³/mol. The van der Waals surface area contributed by atoms with Crippen molar-refractivity contribution in [3.05, 3.63) is 150 Å². The molecule has 3 aliphatic heterocycles. The minimum Gasteiger partial charge on any atom is -0.456 e. The monoisotopic (exact) mass is 833 g/mol. The fraction of sp³-hybridized carbons (Fsp3) is 0.228. The zero-order chi connectivity index (χ0) is 42.3. The van der Waals surface area contributed by atoms with Crippen molar-refractivity contribution in [2.45, 2.75) is 83.6 Å². The van der Waals surface area contributed by atoms with Gasteiger partial charge in [0, 0.05) is 60.1 Å². The van der Waals surface area contributed by atoms with Crippen LogP contribution in [-0.4, -0.2) is 16.8 Å². The van der Waals surface area contributed by atoms with Crippen LogP contribution in [0.15, 0.2) is 138 Å². The van der Waals surface area contributed by atoms with Crippen LogP contribution in [0.2, 0.25) is 0 Å². The van der Waals surface area contributed by atoms with Crippen LogP contribution in [0.25, 0.3) is 58.8 Å². The van der Waals surface area contributed by atoms with Gasteiger partial charge in [0.25, 0.3) is 6.71 Å². The Balaban J connectivity index is 1.09. The van der Waals surface area contributed by atoms with Crippen LogP contribution in [0.1, 0.15) is 77.0 Å². The molecule has 1 aliphatic carbocycles. The third-order valence-corrected chi connectivity index (χ3v) is 17.3. The number of fused-ring (bicyclic) bond motifs is 15. The maximum absolute atomic E-state index is 6.64. The zero-order valence-corrected chi connectivity index (χ0v) is 37.6. The molecule has 0 N–H and O–H groups in total. The van der Waals surface area contributed by atoms with Crippen molar-refractivity contribution >= 4 is 116 Å². The maximum atomic E-state index is 6.64. The number of aromatic nitrogens is 1. The Kier molecular flexibility index (Phi) is 6.94. The van der Waals surface area contributed by atoms with Crippen LogP contribution < -0.4 is 26.2 Å². The quantitative estimate of drug-likeness (QED) is 0.162. The molecule has 14 rings (SSSR count). The second-order valence-electron chi connectivity index (χ2n) is 20.5. The molecule has 7 aromatic carbocycles. The first-order valence-electron chi connectivity index (χ1n) is 22.9. The van der Waals surface area contributed by atoms with Crippen molar-refractivity contribution in [3.8, 4) is 5.69 Å². The number of thiophene rings is 1. The SMILES string of the molecule is Cc1cc2c3c(c1)-n1c4sc5ccccc5c4c4cccc(c41)B3c1ccc(N3c4ccc(C(C)(C)C)cc4C4(C)CCCCC34C)cc1N2c1cccc2oc3ccccc3c12. The van der Waals surface area contributed by atoms with Crippen LogP contribution in [-0.2, 0) is 10.8 Å². The van der Waals surface area contributed by atoms with Crippen molar-refractivity contribution < 1.29 is 4.42 Å². The molecule has 63 heavy (non-hydrogen) atoms. The van der Waals surface area contributed by atoms with E-state index in [4.69, 9.17) is 4.42 Å². The Hall–Kier alpha value is -6.24. The summed E-state index contributed by atoms with van der Waals surface area (Å²) in [6.07, 6.45) is 4.86. The van der Waals surface area contributed by atoms with Crippen molar-refractivity contribution in [1.29, 1.82) is 0 Å². The van der Waals surface area contributed by atoms with Gasteiger partial charge >= 0.3 is 0 Å². The van der Waals surface area contributed by atoms with E-state index in [1.165, 1.54) is 112 Å². The molecule has 4 nitrogen and oxygen atoms in total. The average molecular weight is 834 g/mol. The summed E-state index contributed by atoms with van der Waals surface area (Å²) in [7, 11) is 0. The molecule has 0 radical (unpaired) electrons. The summed E-state index contributed by atoms with van der Waals surface area (Å²) in [6, 6.07) is 51.1. The molecule has 1 saturated carbocycles. The highest BCUT2D eigenvalue weighted by Crippen LogP contribution is 2.62. The first-order valence-corrected chi connectivity index (χ1v) is 23.7. The summed E-state index contributed by atoms with van der Waals surface area (Å²) in [5.41, 5.74) is 19.0. The summed E-state index contributed by atoms with van der Waals surface area (Å²) in [5.74, 6) is 0. The van der Waals surface area contributed by atoms with Gasteiger partial charge in [-0.2, -0.15) is 0 Å². The first-order chi connectivity index (χ1) is 30.5. The highest BCUT2D eigenvalue weighted by Gasteiger charge is 2.58. The molecule has 6 heterocycles. The van der Waals surface area contributed by atoms with E-state index in [1.54, 1.807) is 0 Å². The van der Waals surface area contributed by atoms with E-state index in [2.05, 4.69) is 189 Å². The van der Waals surface area contributed by atoms with Gasteiger partial charge in [0.2, 0.25) is 0 Å². The normalized spacial score (nSPS) is 20.0. The van der Waals surface area contributed by atoms with Gasteiger partial charge in [-0.25, -0.2) is 0 Å². The van der Waals surface area contributed by atoms with Gasteiger partial charge < -0.3 is 18.8 Å². The van der Waals surface area contributed by atoms with Crippen LogP contribution in [0.4, 0.5) is 28.4 Å². The molecule has 2 unspecified atom stereocenters. The molecule has 0 bridgehead atoms. The zero-order valence-electron chi connectivity index (χ0n) is 36.8. The fourth-order valence-electron chi connectivity index (χ4n) is 13.0. The minimum absolute atomic E-state index is 0.0266. The molecule has 4 aliphatic rings. The van der Waals surface area contributed by atoms with Crippen LogP contribution in [0.5, 0.6) is 0 Å². The lowest BCUT2D eigenvalue weighted by Gasteiger charge is -2.50. The largest absolute Gasteiger partial charge is 0.456 e. The molecule has 1 fully saturated rings. The smallest absolute Gasteiger partial charge is 0.252 e. The van der Waals surface area contributed by atoms with Gasteiger partial charge in [-0.1, -0.05) is 119 Å². The van der Waals surface area contributed by atoms with Crippen LogP contribution in [0.3, 0.4) is 0 Å². The Morgan fingerprint density at radius 2 is 1.40 bits per heavy atom. The molecule has 6 heteroatoms. The topological polar surface area (TPSA) is 24.6 Å². The third kappa shape index (κ3) is 4.48. The minimum atomic E-state index is -0.0773. The Bertz CT molecular complexity index is 3660. The average Bonchev–Trinajstić information content (AvgIpc) is 4.00. The molecule has 0 amide bonds. The Labute approximate surface area is 372 Å². The number of nitrogens with zero attached hydrogens (tertiary/aromatic N) is 3. The van der Waals surface area contributed by atoms with Crippen molar-refractivity contribution in [3.63, 3.8) is 0 Å². The van der Waals surface area contributed by atoms with Crippen molar-refractivity contribution in [2.24, 2.45) is 0 Å². The van der Waals surface area contributed by atoms with Crippen LogP contribution >= 0.6 is 11.3 Å². The lowest BCUT2D eigenvalue weighted by molar-refractivity contribution is 0.195. The number of para-hydroxylation sites is 2. The summed E-state index contributed by atoms with van der Waals surface area (Å²) in [5, 5.41) is 6.35. The van der Waals surface area contributed by atoms with E-state index in [9.17, 15) is 0 Å². The number of hydrogen-bond acceptors (Lipinski definition) is 4. The van der Waals surface area contributed by atoms with Gasteiger partial charge in [-0.3, -0.25) is 0 Å². The van der Waals surface area contributed by atoms with E-state index in [-0.39, 0.29) is 23.1 Å². The summed E-state index contributed by atoms with van der Waals surface area (Å²) >= 11 is 1.92. The van der Waals surface area contributed by atoms with Gasteiger partial charge in [-0.15, -0.1) is 11.3 Å². The summed E-state index contributed by atoms with van der Waals surface area (Å²) < 4.78 is 10.6. The van der Waals surface area contributed by atoms with Gasteiger partial charge in [0.1, 0.15) is 16.0 Å². The fourth-order valence-corrected chi connectivity index (χ4v) is 14.2. The number of benzene rings is 7. The highest BCUT2D eigenvalue weighted by atomic mass is 32.1.